The van der Waals surface area contributed by atoms with Gasteiger partial charge in [0.1, 0.15) is 0 Å². The molecule has 0 bridgehead atoms. The summed E-state index contributed by atoms with van der Waals surface area (Å²) in [5.41, 5.74) is 1.21. The van der Waals surface area contributed by atoms with Gasteiger partial charge in [-0.25, -0.2) is 0 Å². The molecule has 0 aliphatic carbocycles. The molecule has 0 spiro atoms. The van der Waals surface area contributed by atoms with Gasteiger partial charge in [0.05, 0.1) is 6.54 Å². The van der Waals surface area contributed by atoms with Crippen LogP contribution in [0.25, 0.3) is 0 Å². The zero-order chi connectivity index (χ0) is 16.9. The van der Waals surface area contributed by atoms with Crippen LogP contribution in [-0.2, 0) is 4.79 Å². The number of hydrogen-bond acceptors (Lipinski definition) is 4. The molecule has 0 saturated carbocycles. The molecule has 1 aromatic rings. The summed E-state index contributed by atoms with van der Waals surface area (Å²) in [4.78, 5) is 18.9. The second-order valence-electron chi connectivity index (χ2n) is 6.71. The van der Waals surface area contributed by atoms with Crippen LogP contribution in [0.4, 0.5) is 5.69 Å². The maximum atomic E-state index is 11.6. The van der Waals surface area contributed by atoms with E-state index in [0.717, 1.165) is 44.3 Å². The number of rotatable bonds is 4. The zero-order valence-electron chi connectivity index (χ0n) is 15.2. The van der Waals surface area contributed by atoms with Gasteiger partial charge in [-0.1, -0.05) is 17.7 Å². The maximum absolute atomic E-state index is 11.6. The Morgan fingerprint density at radius 3 is 2.58 bits per heavy atom. The molecule has 5 nitrogen and oxygen atoms in total. The van der Waals surface area contributed by atoms with Crippen LogP contribution in [0.2, 0.25) is 5.02 Å². The lowest BCUT2D eigenvalue weighted by Gasteiger charge is -2.43. The van der Waals surface area contributed by atoms with Crippen molar-refractivity contribution < 1.29 is 4.79 Å². The number of anilines is 1. The average Bonchev–Trinajstić information content (AvgIpc) is 2.62. The van der Waals surface area contributed by atoms with Gasteiger partial charge in [0.2, 0.25) is 5.91 Å². The van der Waals surface area contributed by atoms with Crippen molar-refractivity contribution in [3.8, 4) is 0 Å². The zero-order valence-corrected chi connectivity index (χ0v) is 17.6. The number of nitrogens with zero attached hydrogens (tertiary/aromatic N) is 3. The van der Waals surface area contributed by atoms with Crippen LogP contribution in [0.15, 0.2) is 24.3 Å². The predicted molar refractivity (Wildman–Crippen MR) is 113 cm³/mol. The number of halogens is 3. The van der Waals surface area contributed by atoms with E-state index in [4.69, 9.17) is 11.6 Å². The summed E-state index contributed by atoms with van der Waals surface area (Å²) in [6.45, 7) is 6.78. The van der Waals surface area contributed by atoms with Gasteiger partial charge in [0.15, 0.2) is 0 Å². The van der Waals surface area contributed by atoms with Crippen LogP contribution in [-0.4, -0.2) is 74.6 Å². The lowest BCUT2D eigenvalue weighted by atomic mass is 10.0. The molecule has 2 aliphatic rings. The minimum atomic E-state index is 0. The van der Waals surface area contributed by atoms with Crippen molar-refractivity contribution in [2.45, 2.75) is 18.9 Å². The Labute approximate surface area is 173 Å². The Bertz CT molecular complexity index is 567. The van der Waals surface area contributed by atoms with E-state index in [-0.39, 0.29) is 30.7 Å². The Morgan fingerprint density at radius 2 is 1.92 bits per heavy atom. The van der Waals surface area contributed by atoms with Gasteiger partial charge in [-0.15, -0.1) is 24.8 Å². The third kappa shape index (κ3) is 6.17. The van der Waals surface area contributed by atoms with Crippen LogP contribution >= 0.6 is 36.4 Å². The van der Waals surface area contributed by atoms with Crippen LogP contribution in [0.3, 0.4) is 0 Å². The fourth-order valence-corrected chi connectivity index (χ4v) is 3.96. The second-order valence-corrected chi connectivity index (χ2v) is 7.14. The normalized spacial score (nSPS) is 21.5. The van der Waals surface area contributed by atoms with E-state index < -0.39 is 0 Å². The lowest BCUT2D eigenvalue weighted by Crippen LogP contribution is -2.55. The van der Waals surface area contributed by atoms with E-state index in [1.165, 1.54) is 18.5 Å². The number of carbonyl (C=O) groups is 1. The van der Waals surface area contributed by atoms with Gasteiger partial charge in [-0.3, -0.25) is 14.6 Å². The molecule has 1 atom stereocenters. The molecule has 2 fully saturated rings. The molecule has 1 aromatic carbocycles. The number of benzene rings is 1. The number of amides is 1. The summed E-state index contributed by atoms with van der Waals surface area (Å²) in [5.74, 6) is 0.112. The van der Waals surface area contributed by atoms with E-state index in [9.17, 15) is 4.79 Å². The SMILES string of the molecule is CNC(=O)CN1CCCC(N2CCN(c3cccc(Cl)c3)CC2)C1.Cl.Cl. The summed E-state index contributed by atoms with van der Waals surface area (Å²) in [7, 11) is 1.71. The minimum Gasteiger partial charge on any atom is -0.369 e. The number of piperidine rings is 1. The van der Waals surface area contributed by atoms with Gasteiger partial charge in [-0.2, -0.15) is 0 Å². The highest BCUT2D eigenvalue weighted by Gasteiger charge is 2.28. The fraction of sp³-hybridized carbons (Fsp3) is 0.611. The van der Waals surface area contributed by atoms with Crippen molar-refractivity contribution in [1.29, 1.82) is 0 Å². The van der Waals surface area contributed by atoms with Gasteiger partial charge in [0, 0.05) is 56.5 Å². The van der Waals surface area contributed by atoms with Crippen molar-refractivity contribution in [3.63, 3.8) is 0 Å². The minimum absolute atomic E-state index is 0. The summed E-state index contributed by atoms with van der Waals surface area (Å²) >= 11 is 6.11. The topological polar surface area (TPSA) is 38.8 Å². The second kappa shape index (κ2) is 11.2. The number of carbonyl (C=O) groups excluding carboxylic acids is 1. The molecular weight excluding hydrogens is 395 g/mol. The smallest absolute Gasteiger partial charge is 0.233 e. The van der Waals surface area contributed by atoms with Crippen LogP contribution in [0, 0.1) is 0 Å². The molecule has 1 unspecified atom stereocenters. The molecule has 2 saturated heterocycles. The number of nitrogens with one attached hydrogen (secondary N) is 1. The summed E-state index contributed by atoms with van der Waals surface area (Å²) in [6, 6.07) is 8.69. The highest BCUT2D eigenvalue weighted by atomic mass is 35.5. The van der Waals surface area contributed by atoms with Crippen molar-refractivity contribution >= 4 is 48.0 Å². The van der Waals surface area contributed by atoms with E-state index >= 15 is 0 Å². The molecule has 26 heavy (non-hydrogen) atoms. The first kappa shape index (κ1) is 23.3. The van der Waals surface area contributed by atoms with Gasteiger partial charge in [0.25, 0.3) is 0 Å². The van der Waals surface area contributed by atoms with Crippen molar-refractivity contribution in [1.82, 2.24) is 15.1 Å². The molecule has 8 heteroatoms. The summed E-state index contributed by atoms with van der Waals surface area (Å²) < 4.78 is 0. The molecule has 2 aliphatic heterocycles. The molecule has 0 aromatic heterocycles. The Balaban J connectivity index is 0.00000169. The van der Waals surface area contributed by atoms with Crippen molar-refractivity contribution in [2.24, 2.45) is 0 Å². The van der Waals surface area contributed by atoms with E-state index in [0.29, 0.717) is 12.6 Å². The molecular formula is C18H29Cl3N4O. The van der Waals surface area contributed by atoms with Gasteiger partial charge in [-0.05, 0) is 37.6 Å². The predicted octanol–water partition coefficient (Wildman–Crippen LogP) is 2.52. The standard InChI is InChI=1S/C18H27ClN4O.2ClH/c1-20-18(24)14-21-7-3-6-17(13-21)23-10-8-22(9-11-23)16-5-2-4-15(19)12-16;;/h2,4-5,12,17H,3,6-11,13-14H2,1H3,(H,20,24);2*1H. The molecule has 1 amide bonds. The average molecular weight is 424 g/mol. The van der Waals surface area contributed by atoms with E-state index in [2.05, 4.69) is 26.1 Å². The number of likely N-dealkylation sites (N-methyl/N-ethyl adjacent to an activating group) is 1. The Hall–Kier alpha value is -0.720. The lowest BCUT2D eigenvalue weighted by molar-refractivity contribution is -0.122. The van der Waals surface area contributed by atoms with Gasteiger partial charge >= 0.3 is 0 Å². The monoisotopic (exact) mass is 422 g/mol. The summed E-state index contributed by atoms with van der Waals surface area (Å²) in [5, 5.41) is 3.52. The van der Waals surface area contributed by atoms with E-state index in [1.54, 1.807) is 7.05 Å². The number of piperazine rings is 1. The molecule has 148 valence electrons. The number of hydrogen-bond donors (Lipinski definition) is 1. The van der Waals surface area contributed by atoms with Crippen LogP contribution in [0.5, 0.6) is 0 Å². The molecule has 1 N–H and O–H groups in total. The first-order valence-corrected chi connectivity index (χ1v) is 9.21. The maximum Gasteiger partial charge on any atom is 0.233 e. The highest BCUT2D eigenvalue weighted by Crippen LogP contribution is 2.23. The third-order valence-electron chi connectivity index (χ3n) is 5.13. The van der Waals surface area contributed by atoms with Crippen LogP contribution in [0.1, 0.15) is 12.8 Å². The molecule has 0 radical (unpaired) electrons. The fourth-order valence-electron chi connectivity index (χ4n) is 3.77. The van der Waals surface area contributed by atoms with Crippen LogP contribution < -0.4 is 10.2 Å². The first-order valence-electron chi connectivity index (χ1n) is 8.83. The molecule has 3 rings (SSSR count). The van der Waals surface area contributed by atoms with Crippen molar-refractivity contribution in [3.05, 3.63) is 29.3 Å². The summed E-state index contributed by atoms with van der Waals surface area (Å²) in [6.07, 6.45) is 2.41. The van der Waals surface area contributed by atoms with Crippen molar-refractivity contribution in [2.75, 3.05) is 57.8 Å². The molecule has 2 heterocycles. The quantitative estimate of drug-likeness (QED) is 0.808. The Morgan fingerprint density at radius 1 is 1.19 bits per heavy atom. The number of likely N-dealkylation sites (tertiary alicyclic amines) is 1. The van der Waals surface area contributed by atoms with E-state index in [1.807, 2.05) is 18.2 Å². The first-order chi connectivity index (χ1) is 11.7. The largest absolute Gasteiger partial charge is 0.369 e. The van der Waals surface area contributed by atoms with Gasteiger partial charge < -0.3 is 10.2 Å². The highest BCUT2D eigenvalue weighted by molar-refractivity contribution is 6.30. The third-order valence-corrected chi connectivity index (χ3v) is 5.37. The Kier molecular flexibility index (Phi) is 10.0.